The number of hydrogen-bond donors (Lipinski definition) is 2. The molecule has 6 heteroatoms. The molecule has 28 heavy (non-hydrogen) atoms. The molecule has 0 aromatic heterocycles. The highest BCUT2D eigenvalue weighted by Crippen LogP contribution is 2.45. The minimum absolute atomic E-state index is 0.0716. The molecule has 0 amide bonds. The molecule has 2 atom stereocenters. The molecule has 1 saturated carbocycles. The van der Waals surface area contributed by atoms with Crippen LogP contribution in [-0.2, 0) is 0 Å². The van der Waals surface area contributed by atoms with E-state index in [0.29, 0.717) is 21.4 Å². The summed E-state index contributed by atoms with van der Waals surface area (Å²) >= 11 is 12.5. The Morgan fingerprint density at radius 1 is 1.11 bits per heavy atom. The maximum atomic E-state index is 11.2. The summed E-state index contributed by atoms with van der Waals surface area (Å²) in [6, 6.07) is 13.5. The summed E-state index contributed by atoms with van der Waals surface area (Å²) in [6.07, 6.45) is 3.46. The molecule has 2 unspecified atom stereocenters. The van der Waals surface area contributed by atoms with Crippen LogP contribution in [0.4, 0.5) is 0 Å². The first-order valence-electron chi connectivity index (χ1n) is 9.58. The molecule has 0 heterocycles. The van der Waals surface area contributed by atoms with E-state index < -0.39 is 6.23 Å². The van der Waals surface area contributed by atoms with Crippen molar-refractivity contribution in [3.63, 3.8) is 0 Å². The Labute approximate surface area is 177 Å². The van der Waals surface area contributed by atoms with Gasteiger partial charge in [-0.1, -0.05) is 66.4 Å². The van der Waals surface area contributed by atoms with Crippen LogP contribution in [0.3, 0.4) is 0 Å². The van der Waals surface area contributed by atoms with Crippen LogP contribution in [0.1, 0.15) is 49.1 Å². The third kappa shape index (κ3) is 4.17. The first kappa shape index (κ1) is 21.4. The maximum Gasteiger partial charge on any atom is 0.136 e. The minimum Gasteiger partial charge on any atom is -0.496 e. The van der Waals surface area contributed by atoms with E-state index in [9.17, 15) is 5.11 Å². The Morgan fingerprint density at radius 2 is 1.75 bits per heavy atom. The van der Waals surface area contributed by atoms with E-state index in [1.54, 1.807) is 19.2 Å². The van der Waals surface area contributed by atoms with Gasteiger partial charge in [0, 0.05) is 10.6 Å². The molecule has 2 aromatic rings. The van der Waals surface area contributed by atoms with Crippen molar-refractivity contribution >= 4 is 23.2 Å². The molecule has 2 aromatic carbocycles. The van der Waals surface area contributed by atoms with Gasteiger partial charge in [-0.15, -0.1) is 0 Å². The lowest BCUT2D eigenvalue weighted by atomic mass is 9.82. The number of halogens is 2. The number of nitrogens with zero attached hydrogens (tertiary/aromatic N) is 1. The maximum absolute atomic E-state index is 11.2. The van der Waals surface area contributed by atoms with Gasteiger partial charge in [0.1, 0.15) is 12.0 Å². The monoisotopic (exact) mass is 422 g/mol. The Morgan fingerprint density at radius 3 is 2.32 bits per heavy atom. The molecule has 0 saturated heterocycles. The van der Waals surface area contributed by atoms with Gasteiger partial charge in [0.2, 0.25) is 0 Å². The largest absolute Gasteiger partial charge is 0.496 e. The molecule has 0 radical (unpaired) electrons. The van der Waals surface area contributed by atoms with E-state index in [2.05, 4.69) is 36.4 Å². The Kier molecular flexibility index (Phi) is 6.89. The van der Waals surface area contributed by atoms with Gasteiger partial charge in [-0.25, -0.2) is 0 Å². The van der Waals surface area contributed by atoms with Crippen molar-refractivity contribution in [1.82, 2.24) is 10.2 Å². The molecule has 1 fully saturated rings. The number of benzene rings is 2. The van der Waals surface area contributed by atoms with E-state index in [1.807, 2.05) is 18.2 Å². The van der Waals surface area contributed by atoms with Gasteiger partial charge in [-0.05, 0) is 44.6 Å². The van der Waals surface area contributed by atoms with Crippen LogP contribution in [0.15, 0.2) is 42.5 Å². The van der Waals surface area contributed by atoms with Crippen molar-refractivity contribution in [1.29, 1.82) is 0 Å². The van der Waals surface area contributed by atoms with E-state index in [1.165, 1.54) is 12.8 Å². The third-order valence-corrected chi connectivity index (χ3v) is 6.44. The molecule has 0 bridgehead atoms. The quantitative estimate of drug-likeness (QED) is 0.601. The summed E-state index contributed by atoms with van der Waals surface area (Å²) in [5.74, 6) is 0.467. The minimum atomic E-state index is -0.998. The number of ether oxygens (including phenoxy) is 1. The van der Waals surface area contributed by atoms with Crippen LogP contribution in [0, 0.1) is 0 Å². The summed E-state index contributed by atoms with van der Waals surface area (Å²) in [5, 5.41) is 15.5. The van der Waals surface area contributed by atoms with Crippen LogP contribution in [-0.4, -0.2) is 36.8 Å². The summed E-state index contributed by atoms with van der Waals surface area (Å²) in [5.41, 5.74) is 1.55. The highest BCUT2D eigenvalue weighted by Gasteiger charge is 2.44. The zero-order valence-corrected chi connectivity index (χ0v) is 18.1. The summed E-state index contributed by atoms with van der Waals surface area (Å²) in [6.45, 7) is 0. The number of aliphatic hydroxyl groups excluding tert-OH is 1. The number of hydrogen-bond acceptors (Lipinski definition) is 4. The lowest BCUT2D eigenvalue weighted by molar-refractivity contribution is 0.0479. The van der Waals surface area contributed by atoms with Crippen molar-refractivity contribution in [2.75, 3.05) is 21.2 Å². The highest BCUT2D eigenvalue weighted by molar-refractivity contribution is 6.35. The topological polar surface area (TPSA) is 44.7 Å². The van der Waals surface area contributed by atoms with Crippen molar-refractivity contribution in [2.24, 2.45) is 0 Å². The fraction of sp³-hybridized carbons (Fsp3) is 0.455. The second-order valence-electron chi connectivity index (χ2n) is 7.62. The van der Waals surface area contributed by atoms with E-state index in [4.69, 9.17) is 27.9 Å². The van der Waals surface area contributed by atoms with Crippen LogP contribution in [0.5, 0.6) is 5.75 Å². The van der Waals surface area contributed by atoms with Gasteiger partial charge < -0.3 is 14.7 Å². The number of aliphatic hydroxyl groups is 1. The van der Waals surface area contributed by atoms with E-state index in [-0.39, 0.29) is 11.6 Å². The second kappa shape index (κ2) is 9.02. The van der Waals surface area contributed by atoms with Crippen LogP contribution in [0.25, 0.3) is 0 Å². The molecule has 0 spiro atoms. The van der Waals surface area contributed by atoms with E-state index in [0.717, 1.165) is 18.4 Å². The van der Waals surface area contributed by atoms with Gasteiger partial charge in [0.05, 0.1) is 23.7 Å². The van der Waals surface area contributed by atoms with Gasteiger partial charge >= 0.3 is 0 Å². The molecular formula is C22H28Cl2N2O2. The Bertz CT molecular complexity index is 793. The van der Waals surface area contributed by atoms with Crippen molar-refractivity contribution < 1.29 is 9.84 Å². The number of likely N-dealkylation sites (N-methyl/N-ethyl adjacent to an activating group) is 1. The summed E-state index contributed by atoms with van der Waals surface area (Å²) in [4.78, 5) is 2.29. The fourth-order valence-electron chi connectivity index (χ4n) is 4.43. The summed E-state index contributed by atoms with van der Waals surface area (Å²) < 4.78 is 5.43. The van der Waals surface area contributed by atoms with Crippen LogP contribution >= 0.6 is 23.2 Å². The second-order valence-corrected chi connectivity index (χ2v) is 8.47. The van der Waals surface area contributed by atoms with Gasteiger partial charge in [0.15, 0.2) is 0 Å². The molecule has 1 aliphatic carbocycles. The third-order valence-electron chi connectivity index (χ3n) is 5.90. The van der Waals surface area contributed by atoms with Gasteiger partial charge in [-0.3, -0.25) is 5.32 Å². The SMILES string of the molecule is COc1cc(Cl)cc(Cl)c1C(O)NC(c1ccccc1)C1(N(C)C)CCCC1. The first-order chi connectivity index (χ1) is 13.4. The standard InChI is InChI=1S/C22H28Cl2N2O2/c1-26(2)22(11-7-8-12-22)20(15-9-5-4-6-10-15)25-21(27)19-17(24)13-16(23)14-18(19)28-3/h4-6,9-10,13-14,20-21,25,27H,7-8,11-12H2,1-3H3. The van der Waals surface area contributed by atoms with Crippen molar-refractivity contribution in [3.05, 3.63) is 63.6 Å². The highest BCUT2D eigenvalue weighted by atomic mass is 35.5. The average molecular weight is 423 g/mol. The number of methoxy groups -OCH3 is 1. The molecular weight excluding hydrogens is 395 g/mol. The van der Waals surface area contributed by atoms with Crippen molar-refractivity contribution in [2.45, 2.75) is 43.5 Å². The summed E-state index contributed by atoms with van der Waals surface area (Å²) in [7, 11) is 5.78. The zero-order valence-electron chi connectivity index (χ0n) is 16.6. The van der Waals surface area contributed by atoms with Crippen LogP contribution in [0.2, 0.25) is 10.0 Å². The Hall–Kier alpha value is -1.30. The number of rotatable bonds is 7. The smallest absolute Gasteiger partial charge is 0.136 e. The molecule has 4 nitrogen and oxygen atoms in total. The molecule has 0 aliphatic heterocycles. The first-order valence-corrected chi connectivity index (χ1v) is 10.3. The lowest BCUT2D eigenvalue weighted by Gasteiger charge is -2.45. The predicted molar refractivity (Wildman–Crippen MR) is 115 cm³/mol. The van der Waals surface area contributed by atoms with E-state index >= 15 is 0 Å². The molecule has 2 N–H and O–H groups in total. The number of nitrogens with one attached hydrogen (secondary N) is 1. The molecule has 152 valence electrons. The zero-order chi connectivity index (χ0) is 20.3. The normalized spacial score (nSPS) is 18.2. The van der Waals surface area contributed by atoms with Gasteiger partial charge in [0.25, 0.3) is 0 Å². The predicted octanol–water partition coefficient (Wildman–Crippen LogP) is 5.20. The lowest BCUT2D eigenvalue weighted by Crippen LogP contribution is -2.52. The molecule has 3 rings (SSSR count). The fourth-order valence-corrected chi connectivity index (χ4v) is 5.00. The molecule has 1 aliphatic rings. The Balaban J connectivity index is 2.01. The van der Waals surface area contributed by atoms with Crippen molar-refractivity contribution in [3.8, 4) is 5.75 Å². The van der Waals surface area contributed by atoms with Crippen LogP contribution < -0.4 is 10.1 Å². The van der Waals surface area contributed by atoms with Gasteiger partial charge in [-0.2, -0.15) is 0 Å². The average Bonchev–Trinajstić information content (AvgIpc) is 3.17.